The lowest BCUT2D eigenvalue weighted by atomic mass is 10.0. The van der Waals surface area contributed by atoms with Crippen LogP contribution in [0.3, 0.4) is 0 Å². The Labute approximate surface area is 127 Å². The molecule has 0 spiro atoms. The van der Waals surface area contributed by atoms with E-state index in [1.165, 1.54) is 5.56 Å². The predicted octanol–water partition coefficient (Wildman–Crippen LogP) is 2.41. The summed E-state index contributed by atoms with van der Waals surface area (Å²) in [7, 11) is 0. The molecule has 21 heavy (non-hydrogen) atoms. The van der Waals surface area contributed by atoms with Crippen LogP contribution in [0.2, 0.25) is 0 Å². The summed E-state index contributed by atoms with van der Waals surface area (Å²) in [4.78, 5) is 14.4. The van der Waals surface area contributed by atoms with Crippen molar-refractivity contribution in [1.82, 2.24) is 4.90 Å². The predicted molar refractivity (Wildman–Crippen MR) is 83.9 cm³/mol. The fourth-order valence-corrected chi connectivity index (χ4v) is 2.85. The topological polar surface area (TPSA) is 55.6 Å². The lowest BCUT2D eigenvalue weighted by Gasteiger charge is -2.39. The number of ether oxygens (including phenoxy) is 1. The molecule has 0 aromatic heterocycles. The Morgan fingerprint density at radius 2 is 2.19 bits per heavy atom. The molecule has 0 bridgehead atoms. The van der Waals surface area contributed by atoms with Gasteiger partial charge in [-0.1, -0.05) is 37.6 Å². The summed E-state index contributed by atoms with van der Waals surface area (Å²) in [5.74, 6) is 0.0474. The standard InChI is InChI=1S/C17H26N2O2/c1-4-7-15(18)17(20)19-10-16(21-11-13(19)3)14-9-6-5-8-12(14)2/h5-6,8-9,13,15-16H,4,7,10-11,18H2,1-3H3/t13-,15-,16-/m0/s1. The average Bonchev–Trinajstić information content (AvgIpc) is 2.48. The second-order valence-electron chi connectivity index (χ2n) is 5.91. The molecule has 0 unspecified atom stereocenters. The molecule has 1 heterocycles. The molecule has 4 nitrogen and oxygen atoms in total. The molecular weight excluding hydrogens is 264 g/mol. The molecule has 0 aliphatic carbocycles. The van der Waals surface area contributed by atoms with Gasteiger partial charge in [0.05, 0.1) is 25.2 Å². The van der Waals surface area contributed by atoms with Crippen molar-refractivity contribution in [3.63, 3.8) is 0 Å². The Balaban J connectivity index is 2.12. The maximum atomic E-state index is 12.5. The van der Waals surface area contributed by atoms with Crippen LogP contribution in [0.25, 0.3) is 0 Å². The van der Waals surface area contributed by atoms with E-state index in [1.807, 2.05) is 30.9 Å². The maximum absolute atomic E-state index is 12.5. The van der Waals surface area contributed by atoms with Gasteiger partial charge in [-0.2, -0.15) is 0 Å². The van der Waals surface area contributed by atoms with Crippen LogP contribution in [0.5, 0.6) is 0 Å². The van der Waals surface area contributed by atoms with Gasteiger partial charge in [0.1, 0.15) is 6.10 Å². The zero-order chi connectivity index (χ0) is 15.4. The average molecular weight is 290 g/mol. The van der Waals surface area contributed by atoms with Crippen molar-refractivity contribution in [2.75, 3.05) is 13.2 Å². The van der Waals surface area contributed by atoms with Gasteiger partial charge < -0.3 is 15.4 Å². The Bertz CT molecular complexity index is 489. The van der Waals surface area contributed by atoms with E-state index in [9.17, 15) is 4.79 Å². The highest BCUT2D eigenvalue weighted by Crippen LogP contribution is 2.27. The molecule has 0 saturated carbocycles. The number of benzene rings is 1. The van der Waals surface area contributed by atoms with Gasteiger partial charge in [0.15, 0.2) is 0 Å². The molecule has 1 saturated heterocycles. The van der Waals surface area contributed by atoms with Gasteiger partial charge in [-0.05, 0) is 31.4 Å². The van der Waals surface area contributed by atoms with Crippen molar-refractivity contribution in [1.29, 1.82) is 0 Å². The zero-order valence-electron chi connectivity index (χ0n) is 13.2. The van der Waals surface area contributed by atoms with Gasteiger partial charge in [-0.3, -0.25) is 4.79 Å². The number of hydrogen-bond donors (Lipinski definition) is 1. The van der Waals surface area contributed by atoms with Crippen molar-refractivity contribution in [2.24, 2.45) is 5.73 Å². The molecule has 4 heteroatoms. The van der Waals surface area contributed by atoms with Crippen LogP contribution in [0.4, 0.5) is 0 Å². The zero-order valence-corrected chi connectivity index (χ0v) is 13.2. The number of aryl methyl sites for hydroxylation is 1. The molecule has 1 aliphatic heterocycles. The third-order valence-electron chi connectivity index (χ3n) is 4.17. The molecule has 1 aliphatic rings. The molecule has 2 rings (SSSR count). The van der Waals surface area contributed by atoms with Crippen molar-refractivity contribution in [3.05, 3.63) is 35.4 Å². The number of carbonyl (C=O) groups excluding carboxylic acids is 1. The van der Waals surface area contributed by atoms with E-state index >= 15 is 0 Å². The first-order valence-corrected chi connectivity index (χ1v) is 7.77. The monoisotopic (exact) mass is 290 g/mol. The van der Waals surface area contributed by atoms with Crippen LogP contribution in [-0.4, -0.2) is 36.0 Å². The van der Waals surface area contributed by atoms with E-state index in [-0.39, 0.29) is 18.1 Å². The van der Waals surface area contributed by atoms with E-state index in [2.05, 4.69) is 19.1 Å². The number of amides is 1. The minimum absolute atomic E-state index is 0.0474. The highest BCUT2D eigenvalue weighted by atomic mass is 16.5. The quantitative estimate of drug-likeness (QED) is 0.926. The summed E-state index contributed by atoms with van der Waals surface area (Å²) in [6.45, 7) is 7.29. The number of nitrogens with two attached hydrogens (primary N) is 1. The van der Waals surface area contributed by atoms with E-state index in [4.69, 9.17) is 10.5 Å². The normalized spacial score (nSPS) is 23.9. The summed E-state index contributed by atoms with van der Waals surface area (Å²) < 4.78 is 5.94. The lowest BCUT2D eigenvalue weighted by molar-refractivity contribution is -0.146. The summed E-state index contributed by atoms with van der Waals surface area (Å²) in [6.07, 6.45) is 1.60. The molecule has 1 aromatic rings. The highest BCUT2D eigenvalue weighted by molar-refractivity contribution is 5.82. The van der Waals surface area contributed by atoms with Gasteiger partial charge in [0.25, 0.3) is 0 Å². The van der Waals surface area contributed by atoms with Crippen molar-refractivity contribution >= 4 is 5.91 Å². The third-order valence-corrected chi connectivity index (χ3v) is 4.17. The Morgan fingerprint density at radius 1 is 1.48 bits per heavy atom. The van der Waals surface area contributed by atoms with Gasteiger partial charge in [0, 0.05) is 0 Å². The van der Waals surface area contributed by atoms with E-state index < -0.39 is 6.04 Å². The van der Waals surface area contributed by atoms with Crippen molar-refractivity contribution < 1.29 is 9.53 Å². The molecule has 3 atom stereocenters. The van der Waals surface area contributed by atoms with Gasteiger partial charge in [-0.25, -0.2) is 0 Å². The number of nitrogens with zero attached hydrogens (tertiary/aromatic N) is 1. The first kappa shape index (κ1) is 16.0. The molecule has 2 N–H and O–H groups in total. The van der Waals surface area contributed by atoms with Crippen LogP contribution >= 0.6 is 0 Å². The molecular formula is C17H26N2O2. The van der Waals surface area contributed by atoms with E-state index in [0.717, 1.165) is 18.4 Å². The Hall–Kier alpha value is -1.39. The number of morpholine rings is 1. The van der Waals surface area contributed by atoms with Gasteiger partial charge in [-0.15, -0.1) is 0 Å². The molecule has 1 aromatic carbocycles. The first-order chi connectivity index (χ1) is 10.0. The molecule has 1 amide bonds. The van der Waals surface area contributed by atoms with Crippen LogP contribution in [-0.2, 0) is 9.53 Å². The van der Waals surface area contributed by atoms with Crippen molar-refractivity contribution in [2.45, 2.75) is 51.8 Å². The number of rotatable bonds is 4. The summed E-state index contributed by atoms with van der Waals surface area (Å²) >= 11 is 0. The van der Waals surface area contributed by atoms with Gasteiger partial charge in [0.2, 0.25) is 5.91 Å². The van der Waals surface area contributed by atoms with Crippen LogP contribution in [0.15, 0.2) is 24.3 Å². The Morgan fingerprint density at radius 3 is 2.86 bits per heavy atom. The fourth-order valence-electron chi connectivity index (χ4n) is 2.85. The molecule has 116 valence electrons. The van der Waals surface area contributed by atoms with E-state index in [1.54, 1.807) is 0 Å². The lowest BCUT2D eigenvalue weighted by Crippen LogP contribution is -2.53. The highest BCUT2D eigenvalue weighted by Gasteiger charge is 2.32. The SMILES string of the molecule is CCC[C@H](N)C(=O)N1C[C@@H](c2ccccc2C)OC[C@@H]1C. The van der Waals surface area contributed by atoms with Crippen LogP contribution in [0.1, 0.15) is 43.9 Å². The first-order valence-electron chi connectivity index (χ1n) is 7.77. The number of carbonyl (C=O) groups is 1. The molecule has 0 radical (unpaired) electrons. The summed E-state index contributed by atoms with van der Waals surface area (Å²) in [5, 5.41) is 0. The fraction of sp³-hybridized carbons (Fsp3) is 0.588. The summed E-state index contributed by atoms with van der Waals surface area (Å²) in [6, 6.07) is 7.87. The van der Waals surface area contributed by atoms with Crippen LogP contribution < -0.4 is 5.73 Å². The van der Waals surface area contributed by atoms with Gasteiger partial charge >= 0.3 is 0 Å². The second-order valence-corrected chi connectivity index (χ2v) is 5.91. The minimum atomic E-state index is -0.395. The maximum Gasteiger partial charge on any atom is 0.239 e. The smallest absolute Gasteiger partial charge is 0.239 e. The summed E-state index contributed by atoms with van der Waals surface area (Å²) in [5.41, 5.74) is 8.36. The number of hydrogen-bond acceptors (Lipinski definition) is 3. The minimum Gasteiger partial charge on any atom is -0.370 e. The van der Waals surface area contributed by atoms with Crippen LogP contribution in [0, 0.1) is 6.92 Å². The van der Waals surface area contributed by atoms with Crippen molar-refractivity contribution in [3.8, 4) is 0 Å². The molecule has 1 fully saturated rings. The van der Waals surface area contributed by atoms with E-state index in [0.29, 0.717) is 13.2 Å². The second kappa shape index (κ2) is 7.05. The largest absolute Gasteiger partial charge is 0.370 e. The Kier molecular flexibility index (Phi) is 5.37. The third kappa shape index (κ3) is 3.63.